The Balaban J connectivity index is 1.50. The molecule has 3 atom stereocenters. The lowest BCUT2D eigenvalue weighted by atomic mass is 10.1. The van der Waals surface area contributed by atoms with Crippen LogP contribution in [0.2, 0.25) is 0 Å². The second-order valence-electron chi connectivity index (χ2n) is 6.84. The molecule has 3 fully saturated rings. The number of nitrogens with one attached hydrogen (secondary N) is 1. The number of rotatable bonds is 3. The van der Waals surface area contributed by atoms with Gasteiger partial charge in [0.15, 0.2) is 0 Å². The van der Waals surface area contributed by atoms with Crippen molar-refractivity contribution in [3.05, 3.63) is 35.9 Å². The molecule has 0 aromatic heterocycles. The van der Waals surface area contributed by atoms with Gasteiger partial charge in [0, 0.05) is 24.7 Å². The van der Waals surface area contributed by atoms with Crippen molar-refractivity contribution in [3.63, 3.8) is 0 Å². The van der Waals surface area contributed by atoms with Crippen LogP contribution in [0.15, 0.2) is 30.3 Å². The standard InChI is InChI=1S/C18H22N4O3S/c1-12(13-5-3-2-4-6-13)22-17(24)15-9-20(7-8-21(15)18(22)25)16(23)14-10-26-11-19-14/h2-6,12,14-15,19H,7-11H2,1H3. The number of imide groups is 1. The van der Waals surface area contributed by atoms with Gasteiger partial charge in [0.05, 0.1) is 18.6 Å². The molecule has 0 radical (unpaired) electrons. The molecule has 0 bridgehead atoms. The number of carbonyl (C=O) groups is 3. The summed E-state index contributed by atoms with van der Waals surface area (Å²) in [7, 11) is 0. The molecule has 0 saturated carbocycles. The lowest BCUT2D eigenvalue weighted by Crippen LogP contribution is -2.57. The number of benzene rings is 1. The van der Waals surface area contributed by atoms with Crippen LogP contribution < -0.4 is 5.32 Å². The maximum atomic E-state index is 13.0. The van der Waals surface area contributed by atoms with Gasteiger partial charge in [0.25, 0.3) is 5.91 Å². The van der Waals surface area contributed by atoms with Crippen molar-refractivity contribution < 1.29 is 14.4 Å². The van der Waals surface area contributed by atoms with Crippen LogP contribution in [-0.4, -0.2) is 75.9 Å². The van der Waals surface area contributed by atoms with Crippen LogP contribution in [0.25, 0.3) is 0 Å². The Morgan fingerprint density at radius 2 is 2.00 bits per heavy atom. The van der Waals surface area contributed by atoms with Crippen molar-refractivity contribution in [3.8, 4) is 0 Å². The van der Waals surface area contributed by atoms with Gasteiger partial charge in [-0.15, -0.1) is 11.8 Å². The van der Waals surface area contributed by atoms with E-state index in [1.807, 2.05) is 37.3 Å². The smallest absolute Gasteiger partial charge is 0.328 e. The summed E-state index contributed by atoms with van der Waals surface area (Å²) in [5.74, 6) is 1.36. The number of hydrogen-bond donors (Lipinski definition) is 1. The zero-order valence-corrected chi connectivity index (χ0v) is 15.4. The fourth-order valence-corrected chi connectivity index (χ4v) is 4.76. The molecule has 4 rings (SSSR count). The molecule has 7 nitrogen and oxygen atoms in total. The van der Waals surface area contributed by atoms with E-state index >= 15 is 0 Å². The summed E-state index contributed by atoms with van der Waals surface area (Å²) in [6, 6.07) is 8.22. The lowest BCUT2D eigenvalue weighted by molar-refractivity contribution is -0.137. The van der Waals surface area contributed by atoms with E-state index in [9.17, 15) is 14.4 Å². The van der Waals surface area contributed by atoms with Gasteiger partial charge in [-0.2, -0.15) is 0 Å². The minimum Gasteiger partial charge on any atom is -0.337 e. The van der Waals surface area contributed by atoms with E-state index in [2.05, 4.69) is 5.32 Å². The first-order valence-electron chi connectivity index (χ1n) is 8.86. The highest BCUT2D eigenvalue weighted by atomic mass is 32.2. The quantitative estimate of drug-likeness (QED) is 0.796. The second-order valence-corrected chi connectivity index (χ2v) is 7.87. The first-order valence-corrected chi connectivity index (χ1v) is 10.0. The summed E-state index contributed by atoms with van der Waals surface area (Å²) in [5.41, 5.74) is 0.925. The number of urea groups is 1. The summed E-state index contributed by atoms with van der Waals surface area (Å²) in [6.45, 7) is 3.03. The first kappa shape index (κ1) is 17.4. The monoisotopic (exact) mass is 374 g/mol. The number of thioether (sulfide) groups is 1. The molecule has 3 unspecified atom stereocenters. The molecule has 3 aliphatic rings. The van der Waals surface area contributed by atoms with Gasteiger partial charge in [-0.25, -0.2) is 4.79 Å². The van der Waals surface area contributed by atoms with Crippen LogP contribution in [0.4, 0.5) is 4.79 Å². The molecule has 4 amide bonds. The molecular formula is C18H22N4O3S. The molecule has 8 heteroatoms. The predicted molar refractivity (Wildman–Crippen MR) is 98.4 cm³/mol. The molecule has 1 aromatic rings. The van der Waals surface area contributed by atoms with E-state index in [0.717, 1.165) is 17.2 Å². The Morgan fingerprint density at radius 3 is 2.69 bits per heavy atom. The van der Waals surface area contributed by atoms with Crippen LogP contribution in [0.3, 0.4) is 0 Å². The van der Waals surface area contributed by atoms with Crippen LogP contribution in [0.5, 0.6) is 0 Å². The molecule has 26 heavy (non-hydrogen) atoms. The zero-order chi connectivity index (χ0) is 18.3. The van der Waals surface area contributed by atoms with Crippen LogP contribution in [0, 0.1) is 0 Å². The average Bonchev–Trinajstić information content (AvgIpc) is 3.29. The van der Waals surface area contributed by atoms with Crippen molar-refractivity contribution in [1.82, 2.24) is 20.0 Å². The minimum absolute atomic E-state index is 0.0319. The van der Waals surface area contributed by atoms with E-state index in [0.29, 0.717) is 13.1 Å². The molecule has 138 valence electrons. The van der Waals surface area contributed by atoms with Crippen molar-refractivity contribution in [2.24, 2.45) is 0 Å². The van der Waals surface area contributed by atoms with Gasteiger partial charge < -0.3 is 9.80 Å². The van der Waals surface area contributed by atoms with E-state index in [-0.39, 0.29) is 36.5 Å². The maximum Gasteiger partial charge on any atom is 0.328 e. The Kier molecular flexibility index (Phi) is 4.62. The Bertz CT molecular complexity index is 722. The fraction of sp³-hybridized carbons (Fsp3) is 0.500. The predicted octanol–water partition coefficient (Wildman–Crippen LogP) is 0.885. The SMILES string of the molecule is CC(c1ccccc1)N1C(=O)C2CN(C(=O)C3CSCN3)CCN2C1=O. The third-order valence-electron chi connectivity index (χ3n) is 5.35. The summed E-state index contributed by atoms with van der Waals surface area (Å²) in [4.78, 5) is 43.1. The highest BCUT2D eigenvalue weighted by Gasteiger charge is 2.50. The van der Waals surface area contributed by atoms with Crippen LogP contribution >= 0.6 is 11.8 Å². The molecular weight excluding hydrogens is 352 g/mol. The average molecular weight is 374 g/mol. The third kappa shape index (κ3) is 2.87. The molecule has 0 aliphatic carbocycles. The number of hydrogen-bond acceptors (Lipinski definition) is 5. The van der Waals surface area contributed by atoms with Crippen molar-refractivity contribution >= 4 is 29.6 Å². The van der Waals surface area contributed by atoms with E-state index < -0.39 is 6.04 Å². The zero-order valence-electron chi connectivity index (χ0n) is 14.6. The molecule has 3 aliphatic heterocycles. The number of carbonyl (C=O) groups excluding carboxylic acids is 3. The van der Waals surface area contributed by atoms with Crippen molar-refractivity contribution in [2.45, 2.75) is 25.0 Å². The number of amides is 4. The van der Waals surface area contributed by atoms with Gasteiger partial charge in [-0.05, 0) is 12.5 Å². The van der Waals surface area contributed by atoms with Gasteiger partial charge >= 0.3 is 6.03 Å². The van der Waals surface area contributed by atoms with Gasteiger partial charge in [0.1, 0.15) is 6.04 Å². The fourth-order valence-electron chi connectivity index (χ4n) is 3.83. The molecule has 0 spiro atoms. The number of nitrogens with zero attached hydrogens (tertiary/aromatic N) is 3. The minimum atomic E-state index is -0.569. The second kappa shape index (κ2) is 6.92. The van der Waals surface area contributed by atoms with Gasteiger partial charge in [0.2, 0.25) is 5.91 Å². The largest absolute Gasteiger partial charge is 0.337 e. The van der Waals surface area contributed by atoms with Crippen molar-refractivity contribution in [1.29, 1.82) is 0 Å². The molecule has 1 aromatic carbocycles. The molecule has 3 saturated heterocycles. The molecule has 3 heterocycles. The Hall–Kier alpha value is -2.06. The highest BCUT2D eigenvalue weighted by Crippen LogP contribution is 2.30. The van der Waals surface area contributed by atoms with E-state index in [1.165, 1.54) is 4.90 Å². The summed E-state index contributed by atoms with van der Waals surface area (Å²) < 4.78 is 0. The summed E-state index contributed by atoms with van der Waals surface area (Å²) in [5, 5.41) is 3.18. The molecule has 1 N–H and O–H groups in total. The highest BCUT2D eigenvalue weighted by molar-refractivity contribution is 7.99. The lowest BCUT2D eigenvalue weighted by Gasteiger charge is -2.36. The van der Waals surface area contributed by atoms with Crippen LogP contribution in [-0.2, 0) is 9.59 Å². The van der Waals surface area contributed by atoms with Crippen molar-refractivity contribution in [2.75, 3.05) is 31.3 Å². The van der Waals surface area contributed by atoms with E-state index in [4.69, 9.17) is 0 Å². The van der Waals surface area contributed by atoms with E-state index in [1.54, 1.807) is 21.6 Å². The first-order chi connectivity index (χ1) is 12.6. The van der Waals surface area contributed by atoms with Crippen LogP contribution in [0.1, 0.15) is 18.5 Å². The number of piperazine rings is 1. The maximum absolute atomic E-state index is 13.0. The number of fused-ring (bicyclic) bond motifs is 1. The van der Waals surface area contributed by atoms with Gasteiger partial charge in [-0.3, -0.25) is 19.8 Å². The third-order valence-corrected chi connectivity index (χ3v) is 6.29. The normalized spacial score (nSPS) is 27.0. The Morgan fingerprint density at radius 1 is 1.23 bits per heavy atom. The summed E-state index contributed by atoms with van der Waals surface area (Å²) >= 11 is 1.70. The summed E-state index contributed by atoms with van der Waals surface area (Å²) in [6.07, 6.45) is 0. The Labute approximate surface area is 156 Å². The topological polar surface area (TPSA) is 73.0 Å². The van der Waals surface area contributed by atoms with Gasteiger partial charge in [-0.1, -0.05) is 30.3 Å².